The van der Waals surface area contributed by atoms with Crippen LogP contribution in [0.5, 0.6) is 0 Å². The average molecular weight is 343 g/mol. The summed E-state index contributed by atoms with van der Waals surface area (Å²) in [5, 5.41) is 1.10. The normalized spacial score (nSPS) is 12.4. The molecule has 0 aromatic heterocycles. The number of hydrogen-bond donors (Lipinski definition) is 0. The number of alkyl halides is 1. The van der Waals surface area contributed by atoms with Gasteiger partial charge in [-0.1, -0.05) is 22.9 Å². The molecule has 0 saturated carbocycles. The number of thioether (sulfide) groups is 2. The zero-order valence-corrected chi connectivity index (χ0v) is 14.0. The Morgan fingerprint density at radius 2 is 1.88 bits per heavy atom. The Bertz CT molecular complexity index is 191. The van der Waals surface area contributed by atoms with E-state index in [1.165, 1.54) is 24.3 Å². The number of rotatable bonds is 11. The molecule has 0 aromatic carbocycles. The van der Waals surface area contributed by atoms with Gasteiger partial charge in [-0.3, -0.25) is 4.79 Å². The third-order valence-corrected chi connectivity index (χ3v) is 5.08. The van der Waals surface area contributed by atoms with Crippen molar-refractivity contribution in [2.24, 2.45) is 5.92 Å². The lowest BCUT2D eigenvalue weighted by Gasteiger charge is -2.09. The highest BCUT2D eigenvalue weighted by atomic mass is 79.9. The van der Waals surface area contributed by atoms with E-state index in [1.54, 1.807) is 0 Å². The summed E-state index contributed by atoms with van der Waals surface area (Å²) < 4.78 is 4.97. The summed E-state index contributed by atoms with van der Waals surface area (Å²) in [6.07, 6.45) is 2.48. The molecule has 5 heteroatoms. The number of carbonyl (C=O) groups is 1. The number of ether oxygens (including phenoxy) is 1. The Labute approximate surface area is 122 Å². The topological polar surface area (TPSA) is 26.3 Å². The van der Waals surface area contributed by atoms with E-state index < -0.39 is 0 Å². The minimum absolute atomic E-state index is 0.0287. The lowest BCUT2D eigenvalue weighted by molar-refractivity contribution is -0.146. The van der Waals surface area contributed by atoms with Gasteiger partial charge < -0.3 is 4.74 Å². The third-order valence-electron chi connectivity index (χ3n) is 2.06. The molecule has 0 rings (SSSR count). The number of hydrogen-bond acceptors (Lipinski definition) is 4. The summed E-state index contributed by atoms with van der Waals surface area (Å²) in [5.74, 6) is 4.46. The molecule has 0 aliphatic carbocycles. The van der Waals surface area contributed by atoms with Gasteiger partial charge in [0, 0.05) is 11.1 Å². The van der Waals surface area contributed by atoms with Gasteiger partial charge in [-0.25, -0.2) is 0 Å². The minimum atomic E-state index is -0.0632. The van der Waals surface area contributed by atoms with Crippen LogP contribution in [0.3, 0.4) is 0 Å². The van der Waals surface area contributed by atoms with Gasteiger partial charge in [0.15, 0.2) is 0 Å². The van der Waals surface area contributed by atoms with Crippen molar-refractivity contribution in [1.29, 1.82) is 0 Å². The molecule has 0 aromatic rings. The van der Waals surface area contributed by atoms with E-state index >= 15 is 0 Å². The van der Waals surface area contributed by atoms with Gasteiger partial charge in [-0.2, -0.15) is 23.5 Å². The standard InChI is InChI=1S/C12H23BrO2S2/c1-3-15-12(14)11(2)10-17-9-5-8-16-7-4-6-13/h11H,3-10H2,1-2H3. The van der Waals surface area contributed by atoms with Crippen LogP contribution in [-0.4, -0.2) is 40.9 Å². The Balaban J connectivity index is 3.24. The fourth-order valence-electron chi connectivity index (χ4n) is 1.13. The van der Waals surface area contributed by atoms with Crippen molar-refractivity contribution in [1.82, 2.24) is 0 Å². The zero-order valence-electron chi connectivity index (χ0n) is 10.7. The first kappa shape index (κ1) is 17.6. The molecule has 0 amide bonds. The Hall–Kier alpha value is 0.650. The van der Waals surface area contributed by atoms with Crippen molar-refractivity contribution >= 4 is 45.4 Å². The van der Waals surface area contributed by atoms with Gasteiger partial charge in [0.05, 0.1) is 12.5 Å². The van der Waals surface area contributed by atoms with E-state index in [4.69, 9.17) is 4.74 Å². The Morgan fingerprint density at radius 1 is 1.24 bits per heavy atom. The monoisotopic (exact) mass is 342 g/mol. The summed E-state index contributed by atoms with van der Waals surface area (Å²) in [7, 11) is 0. The molecule has 0 saturated heterocycles. The van der Waals surface area contributed by atoms with Gasteiger partial charge in [0.2, 0.25) is 0 Å². The molecule has 102 valence electrons. The van der Waals surface area contributed by atoms with Gasteiger partial charge in [-0.05, 0) is 37.0 Å². The summed E-state index contributed by atoms with van der Waals surface area (Å²) in [4.78, 5) is 11.3. The number of halogens is 1. The van der Waals surface area contributed by atoms with Crippen LogP contribution in [0, 0.1) is 5.92 Å². The minimum Gasteiger partial charge on any atom is -0.466 e. The second-order valence-corrected chi connectivity index (χ2v) is 6.90. The molecule has 0 aliphatic rings. The van der Waals surface area contributed by atoms with Gasteiger partial charge >= 0.3 is 5.97 Å². The van der Waals surface area contributed by atoms with Crippen molar-refractivity contribution in [3.63, 3.8) is 0 Å². The van der Waals surface area contributed by atoms with Crippen LogP contribution in [0.15, 0.2) is 0 Å². The molecule has 0 bridgehead atoms. The van der Waals surface area contributed by atoms with E-state index in [1.807, 2.05) is 37.4 Å². The predicted octanol–water partition coefficient (Wildman–Crippen LogP) is 3.83. The molecule has 17 heavy (non-hydrogen) atoms. The van der Waals surface area contributed by atoms with Gasteiger partial charge in [-0.15, -0.1) is 0 Å². The van der Waals surface area contributed by atoms with E-state index in [9.17, 15) is 4.79 Å². The Morgan fingerprint density at radius 3 is 2.53 bits per heavy atom. The fourth-order valence-corrected chi connectivity index (χ4v) is 3.87. The molecule has 0 heterocycles. The number of esters is 1. The molecule has 1 unspecified atom stereocenters. The SMILES string of the molecule is CCOC(=O)C(C)CSCCCSCCCBr. The third kappa shape index (κ3) is 11.5. The van der Waals surface area contributed by atoms with Crippen molar-refractivity contribution in [2.75, 3.05) is 34.9 Å². The van der Waals surface area contributed by atoms with Gasteiger partial charge in [0.25, 0.3) is 0 Å². The maximum Gasteiger partial charge on any atom is 0.309 e. The molecular formula is C12H23BrO2S2. The highest BCUT2D eigenvalue weighted by Crippen LogP contribution is 2.13. The van der Waals surface area contributed by atoms with Crippen LogP contribution in [0.2, 0.25) is 0 Å². The van der Waals surface area contributed by atoms with Crippen molar-refractivity contribution < 1.29 is 9.53 Å². The van der Waals surface area contributed by atoms with Gasteiger partial charge in [0.1, 0.15) is 0 Å². The van der Waals surface area contributed by atoms with Crippen LogP contribution in [0.4, 0.5) is 0 Å². The first-order valence-electron chi connectivity index (χ1n) is 6.10. The zero-order chi connectivity index (χ0) is 12.9. The Kier molecular flexibility index (Phi) is 13.6. The van der Waals surface area contributed by atoms with Crippen LogP contribution in [0.1, 0.15) is 26.7 Å². The van der Waals surface area contributed by atoms with Crippen LogP contribution < -0.4 is 0 Å². The molecular weight excluding hydrogens is 320 g/mol. The second kappa shape index (κ2) is 13.1. The first-order chi connectivity index (χ1) is 8.22. The van der Waals surface area contributed by atoms with E-state index in [0.717, 1.165) is 16.8 Å². The molecule has 0 fully saturated rings. The predicted molar refractivity (Wildman–Crippen MR) is 83.5 cm³/mol. The summed E-state index contributed by atoms with van der Waals surface area (Å²) in [6.45, 7) is 4.27. The highest BCUT2D eigenvalue weighted by molar-refractivity contribution is 9.09. The van der Waals surface area contributed by atoms with Crippen LogP contribution >= 0.6 is 39.5 Å². The lowest BCUT2D eigenvalue weighted by atomic mass is 10.2. The fraction of sp³-hybridized carbons (Fsp3) is 0.917. The molecule has 0 aliphatic heterocycles. The van der Waals surface area contributed by atoms with Crippen LogP contribution in [-0.2, 0) is 9.53 Å². The summed E-state index contributed by atoms with van der Waals surface area (Å²) >= 11 is 7.30. The smallest absolute Gasteiger partial charge is 0.309 e. The molecule has 0 spiro atoms. The van der Waals surface area contributed by atoms with Crippen LogP contribution in [0.25, 0.3) is 0 Å². The lowest BCUT2D eigenvalue weighted by Crippen LogP contribution is -2.16. The van der Waals surface area contributed by atoms with Crippen molar-refractivity contribution in [3.05, 3.63) is 0 Å². The first-order valence-corrected chi connectivity index (χ1v) is 9.53. The maximum absolute atomic E-state index is 11.3. The summed E-state index contributed by atoms with van der Waals surface area (Å²) in [5.41, 5.74) is 0. The maximum atomic E-state index is 11.3. The van der Waals surface area contributed by atoms with E-state index in [0.29, 0.717) is 6.61 Å². The average Bonchev–Trinajstić information content (AvgIpc) is 2.32. The van der Waals surface area contributed by atoms with Crippen molar-refractivity contribution in [3.8, 4) is 0 Å². The molecule has 0 radical (unpaired) electrons. The second-order valence-electron chi connectivity index (χ2n) is 3.74. The van der Waals surface area contributed by atoms with E-state index in [-0.39, 0.29) is 11.9 Å². The largest absolute Gasteiger partial charge is 0.466 e. The summed E-state index contributed by atoms with van der Waals surface area (Å²) in [6, 6.07) is 0. The molecule has 0 N–H and O–H groups in total. The quantitative estimate of drug-likeness (QED) is 0.324. The number of carbonyl (C=O) groups excluding carboxylic acids is 1. The van der Waals surface area contributed by atoms with E-state index in [2.05, 4.69) is 15.9 Å². The van der Waals surface area contributed by atoms with Crippen molar-refractivity contribution in [2.45, 2.75) is 26.7 Å². The molecule has 2 nitrogen and oxygen atoms in total. The highest BCUT2D eigenvalue weighted by Gasteiger charge is 2.13. The molecule has 1 atom stereocenters.